The van der Waals surface area contributed by atoms with Gasteiger partial charge < -0.3 is 9.57 Å². The topological polar surface area (TPSA) is 47.9 Å². The molecule has 0 aromatic rings. The Morgan fingerprint density at radius 2 is 2.50 bits per heavy atom. The van der Waals surface area contributed by atoms with Gasteiger partial charge in [-0.2, -0.15) is 0 Å². The molecule has 0 fully saturated rings. The van der Waals surface area contributed by atoms with Crippen LogP contribution in [0.4, 0.5) is 0 Å². The molecule has 0 aromatic heterocycles. The molecule has 1 heterocycles. The first-order valence-corrected chi connectivity index (χ1v) is 5.07. The second-order valence-corrected chi connectivity index (χ2v) is 3.50. The molecule has 0 saturated heterocycles. The van der Waals surface area contributed by atoms with Gasteiger partial charge >= 0.3 is 5.97 Å². The van der Waals surface area contributed by atoms with Crippen LogP contribution >= 0.6 is 0 Å². The van der Waals surface area contributed by atoms with Crippen LogP contribution in [0.5, 0.6) is 0 Å². The molecule has 4 heteroatoms. The SMILES string of the molecule is CCCCC1=NOC(COC(C)=O)C1. The van der Waals surface area contributed by atoms with Gasteiger partial charge in [0.15, 0.2) is 6.10 Å². The number of carbonyl (C=O) groups excluding carboxylic acids is 1. The molecule has 0 amide bonds. The van der Waals surface area contributed by atoms with Crippen LogP contribution < -0.4 is 0 Å². The molecule has 0 aromatic carbocycles. The van der Waals surface area contributed by atoms with Gasteiger partial charge in [-0.3, -0.25) is 4.79 Å². The van der Waals surface area contributed by atoms with E-state index in [0.29, 0.717) is 6.61 Å². The monoisotopic (exact) mass is 199 g/mol. The summed E-state index contributed by atoms with van der Waals surface area (Å²) in [7, 11) is 0. The summed E-state index contributed by atoms with van der Waals surface area (Å²) in [5, 5.41) is 3.96. The Morgan fingerprint density at radius 3 is 3.14 bits per heavy atom. The van der Waals surface area contributed by atoms with Crippen molar-refractivity contribution in [1.82, 2.24) is 0 Å². The summed E-state index contributed by atoms with van der Waals surface area (Å²) in [6.07, 6.45) is 4.03. The minimum atomic E-state index is -0.268. The zero-order valence-electron chi connectivity index (χ0n) is 8.78. The number of unbranched alkanes of at least 4 members (excludes halogenated alkanes) is 1. The predicted octanol–water partition coefficient (Wildman–Crippen LogP) is 1.88. The molecule has 1 rings (SSSR count). The highest BCUT2D eigenvalue weighted by atomic mass is 16.7. The van der Waals surface area contributed by atoms with E-state index in [9.17, 15) is 4.79 Å². The fourth-order valence-corrected chi connectivity index (χ4v) is 1.31. The van der Waals surface area contributed by atoms with Crippen molar-refractivity contribution < 1.29 is 14.4 Å². The van der Waals surface area contributed by atoms with E-state index in [0.717, 1.165) is 31.4 Å². The number of rotatable bonds is 5. The summed E-state index contributed by atoms with van der Waals surface area (Å²) < 4.78 is 4.84. The molecule has 4 nitrogen and oxygen atoms in total. The van der Waals surface area contributed by atoms with Crippen LogP contribution in [0.2, 0.25) is 0 Å². The van der Waals surface area contributed by atoms with E-state index < -0.39 is 0 Å². The molecule has 14 heavy (non-hydrogen) atoms. The van der Waals surface area contributed by atoms with Crippen LogP contribution in [0.1, 0.15) is 39.5 Å². The van der Waals surface area contributed by atoms with Gasteiger partial charge in [0.25, 0.3) is 0 Å². The van der Waals surface area contributed by atoms with Crippen LogP contribution in [0, 0.1) is 0 Å². The van der Waals surface area contributed by atoms with Crippen LogP contribution in [0.3, 0.4) is 0 Å². The van der Waals surface area contributed by atoms with Gasteiger partial charge in [0.2, 0.25) is 0 Å². The molecule has 1 atom stereocenters. The number of hydrogen-bond acceptors (Lipinski definition) is 4. The Hall–Kier alpha value is -1.06. The fraction of sp³-hybridized carbons (Fsp3) is 0.800. The van der Waals surface area contributed by atoms with E-state index in [1.807, 2.05) is 0 Å². The van der Waals surface area contributed by atoms with Gasteiger partial charge in [-0.25, -0.2) is 0 Å². The van der Waals surface area contributed by atoms with E-state index >= 15 is 0 Å². The highest BCUT2D eigenvalue weighted by molar-refractivity contribution is 5.85. The minimum absolute atomic E-state index is 0.0641. The summed E-state index contributed by atoms with van der Waals surface area (Å²) in [6.45, 7) is 3.86. The van der Waals surface area contributed by atoms with Gasteiger partial charge in [0.1, 0.15) is 6.61 Å². The average molecular weight is 199 g/mol. The highest BCUT2D eigenvalue weighted by Gasteiger charge is 2.21. The van der Waals surface area contributed by atoms with E-state index in [1.54, 1.807) is 0 Å². The van der Waals surface area contributed by atoms with Gasteiger partial charge in [-0.05, 0) is 12.8 Å². The Balaban J connectivity index is 2.14. The zero-order valence-corrected chi connectivity index (χ0v) is 8.78. The van der Waals surface area contributed by atoms with E-state index in [2.05, 4.69) is 12.1 Å². The molecule has 0 spiro atoms. The van der Waals surface area contributed by atoms with E-state index in [4.69, 9.17) is 9.57 Å². The Kier molecular flexibility index (Phi) is 4.43. The van der Waals surface area contributed by atoms with Crippen LogP contribution in [-0.2, 0) is 14.4 Å². The molecule has 0 radical (unpaired) electrons. The molecule has 0 saturated carbocycles. The molecule has 1 aliphatic heterocycles. The third-order valence-corrected chi connectivity index (χ3v) is 2.09. The van der Waals surface area contributed by atoms with Crippen LogP contribution in [-0.4, -0.2) is 24.4 Å². The molecular formula is C10H17NO3. The smallest absolute Gasteiger partial charge is 0.302 e. The lowest BCUT2D eigenvalue weighted by Gasteiger charge is -2.06. The quantitative estimate of drug-likeness (QED) is 0.635. The number of esters is 1. The normalized spacial score (nSPS) is 20.1. The number of nitrogens with zero attached hydrogens (tertiary/aromatic N) is 1. The summed E-state index contributed by atoms with van der Waals surface area (Å²) in [5.74, 6) is -0.268. The lowest BCUT2D eigenvalue weighted by molar-refractivity contribution is -0.144. The lowest BCUT2D eigenvalue weighted by atomic mass is 10.1. The molecule has 0 aliphatic carbocycles. The van der Waals surface area contributed by atoms with Crippen molar-refractivity contribution in [3.63, 3.8) is 0 Å². The molecule has 1 aliphatic rings. The second-order valence-electron chi connectivity index (χ2n) is 3.50. The number of oxime groups is 1. The zero-order chi connectivity index (χ0) is 10.4. The van der Waals surface area contributed by atoms with E-state index in [1.165, 1.54) is 6.92 Å². The molecular weight excluding hydrogens is 182 g/mol. The Bertz CT molecular complexity index is 225. The van der Waals surface area contributed by atoms with Gasteiger partial charge in [-0.1, -0.05) is 18.5 Å². The van der Waals surface area contributed by atoms with Crippen molar-refractivity contribution in [3.05, 3.63) is 0 Å². The first-order valence-electron chi connectivity index (χ1n) is 5.07. The third kappa shape index (κ3) is 3.77. The first kappa shape index (κ1) is 11.0. The van der Waals surface area contributed by atoms with Crippen molar-refractivity contribution >= 4 is 11.7 Å². The molecule has 1 unspecified atom stereocenters. The standard InChI is InChI=1S/C10H17NO3/c1-3-4-5-9-6-10(14-11-9)7-13-8(2)12/h10H,3-7H2,1-2H3. The van der Waals surface area contributed by atoms with Crippen molar-refractivity contribution in [3.8, 4) is 0 Å². The van der Waals surface area contributed by atoms with Crippen LogP contribution in [0.15, 0.2) is 5.16 Å². The van der Waals surface area contributed by atoms with Crippen molar-refractivity contribution in [2.24, 2.45) is 5.16 Å². The average Bonchev–Trinajstić information content (AvgIpc) is 2.59. The molecule has 80 valence electrons. The predicted molar refractivity (Wildman–Crippen MR) is 53.1 cm³/mol. The minimum Gasteiger partial charge on any atom is -0.462 e. The Morgan fingerprint density at radius 1 is 1.71 bits per heavy atom. The van der Waals surface area contributed by atoms with Gasteiger partial charge in [-0.15, -0.1) is 0 Å². The number of ether oxygens (including phenoxy) is 1. The summed E-state index contributed by atoms with van der Waals surface area (Å²) in [5.41, 5.74) is 1.09. The maximum absolute atomic E-state index is 10.5. The highest BCUT2D eigenvalue weighted by Crippen LogP contribution is 2.14. The largest absolute Gasteiger partial charge is 0.462 e. The fourth-order valence-electron chi connectivity index (χ4n) is 1.31. The summed E-state index contributed by atoms with van der Waals surface area (Å²) in [6, 6.07) is 0. The van der Waals surface area contributed by atoms with Crippen molar-refractivity contribution in [2.45, 2.75) is 45.6 Å². The van der Waals surface area contributed by atoms with Crippen molar-refractivity contribution in [2.75, 3.05) is 6.61 Å². The lowest BCUT2D eigenvalue weighted by Crippen LogP contribution is -2.17. The van der Waals surface area contributed by atoms with E-state index in [-0.39, 0.29) is 12.1 Å². The Labute approximate surface area is 84.3 Å². The first-order chi connectivity index (χ1) is 6.72. The molecule has 0 N–H and O–H groups in total. The number of carbonyl (C=O) groups is 1. The number of hydrogen-bond donors (Lipinski definition) is 0. The summed E-state index contributed by atoms with van der Waals surface area (Å²) in [4.78, 5) is 15.7. The van der Waals surface area contributed by atoms with Crippen molar-refractivity contribution in [1.29, 1.82) is 0 Å². The molecule has 0 bridgehead atoms. The van der Waals surface area contributed by atoms with Gasteiger partial charge in [0, 0.05) is 13.3 Å². The second kappa shape index (κ2) is 5.62. The third-order valence-electron chi connectivity index (χ3n) is 2.09. The van der Waals surface area contributed by atoms with Crippen LogP contribution in [0.25, 0.3) is 0 Å². The van der Waals surface area contributed by atoms with Gasteiger partial charge in [0.05, 0.1) is 5.71 Å². The maximum atomic E-state index is 10.5. The maximum Gasteiger partial charge on any atom is 0.302 e. The summed E-state index contributed by atoms with van der Waals surface area (Å²) >= 11 is 0.